The molecule has 142 valence electrons. The highest BCUT2D eigenvalue weighted by Crippen LogP contribution is 2.28. The standard InChI is InChI=1S/C22H27N3O2/c1-4-24(5-2)18-12-8-17(9-13-18)23-22(27)20-14-15-21(26)25(20)19-10-6-16(3)7-11-19/h6-13,20H,4-5,14-15H2,1-3H3,(H,23,27). The molecular weight excluding hydrogens is 338 g/mol. The Labute approximate surface area is 161 Å². The number of hydrogen-bond acceptors (Lipinski definition) is 3. The van der Waals surface area contributed by atoms with Crippen LogP contribution in [-0.2, 0) is 9.59 Å². The van der Waals surface area contributed by atoms with Crippen molar-refractivity contribution in [1.29, 1.82) is 0 Å². The van der Waals surface area contributed by atoms with Crippen LogP contribution in [0.4, 0.5) is 17.1 Å². The van der Waals surface area contributed by atoms with Gasteiger partial charge in [0.05, 0.1) is 0 Å². The molecule has 1 fully saturated rings. The highest BCUT2D eigenvalue weighted by atomic mass is 16.2. The summed E-state index contributed by atoms with van der Waals surface area (Å²) in [7, 11) is 0. The van der Waals surface area contributed by atoms with Crippen molar-refractivity contribution in [2.75, 3.05) is 28.2 Å². The number of anilines is 3. The molecule has 1 aliphatic heterocycles. The largest absolute Gasteiger partial charge is 0.372 e. The Morgan fingerprint density at radius 1 is 1.07 bits per heavy atom. The Morgan fingerprint density at radius 3 is 2.30 bits per heavy atom. The molecule has 0 saturated carbocycles. The average molecular weight is 365 g/mol. The average Bonchev–Trinajstić information content (AvgIpc) is 3.06. The number of aryl methyl sites for hydroxylation is 1. The third-order valence-electron chi connectivity index (χ3n) is 5.09. The van der Waals surface area contributed by atoms with Crippen molar-refractivity contribution in [3.05, 3.63) is 54.1 Å². The van der Waals surface area contributed by atoms with Crippen LogP contribution in [0, 0.1) is 6.92 Å². The van der Waals surface area contributed by atoms with E-state index in [1.54, 1.807) is 4.90 Å². The lowest BCUT2D eigenvalue weighted by Gasteiger charge is -2.25. The minimum absolute atomic E-state index is 0.00381. The summed E-state index contributed by atoms with van der Waals surface area (Å²) in [5.74, 6) is -0.145. The number of carbonyl (C=O) groups excluding carboxylic acids is 2. The molecule has 1 unspecified atom stereocenters. The Hall–Kier alpha value is -2.82. The first-order valence-corrected chi connectivity index (χ1v) is 9.58. The van der Waals surface area contributed by atoms with Crippen LogP contribution in [-0.4, -0.2) is 30.9 Å². The maximum atomic E-state index is 12.8. The third kappa shape index (κ3) is 4.13. The van der Waals surface area contributed by atoms with E-state index >= 15 is 0 Å². The molecule has 2 aromatic rings. The van der Waals surface area contributed by atoms with E-state index in [0.717, 1.165) is 35.7 Å². The maximum Gasteiger partial charge on any atom is 0.247 e. The summed E-state index contributed by atoms with van der Waals surface area (Å²) in [5, 5.41) is 2.97. The SMILES string of the molecule is CCN(CC)c1ccc(NC(=O)C2CCC(=O)N2c2ccc(C)cc2)cc1. The number of benzene rings is 2. The van der Waals surface area contributed by atoms with Crippen LogP contribution in [0.3, 0.4) is 0 Å². The number of carbonyl (C=O) groups is 2. The van der Waals surface area contributed by atoms with Gasteiger partial charge < -0.3 is 10.2 Å². The van der Waals surface area contributed by atoms with Gasteiger partial charge in [0.1, 0.15) is 6.04 Å². The van der Waals surface area contributed by atoms with E-state index in [9.17, 15) is 9.59 Å². The lowest BCUT2D eigenvalue weighted by atomic mass is 10.1. The van der Waals surface area contributed by atoms with E-state index < -0.39 is 6.04 Å². The lowest BCUT2D eigenvalue weighted by Crippen LogP contribution is -2.41. The molecule has 1 heterocycles. The number of nitrogens with zero attached hydrogens (tertiary/aromatic N) is 2. The lowest BCUT2D eigenvalue weighted by molar-refractivity contribution is -0.120. The van der Waals surface area contributed by atoms with Crippen LogP contribution in [0.5, 0.6) is 0 Å². The van der Waals surface area contributed by atoms with Gasteiger partial charge in [0, 0.05) is 36.6 Å². The summed E-state index contributed by atoms with van der Waals surface area (Å²) >= 11 is 0. The van der Waals surface area contributed by atoms with Crippen LogP contribution >= 0.6 is 0 Å². The first-order chi connectivity index (χ1) is 13.0. The van der Waals surface area contributed by atoms with Crippen molar-refractivity contribution in [1.82, 2.24) is 0 Å². The monoisotopic (exact) mass is 365 g/mol. The molecule has 1 aliphatic rings. The zero-order valence-electron chi connectivity index (χ0n) is 16.2. The molecule has 0 aliphatic carbocycles. The predicted octanol–water partition coefficient (Wildman–Crippen LogP) is 3.98. The van der Waals surface area contributed by atoms with Gasteiger partial charge in [-0.2, -0.15) is 0 Å². The maximum absolute atomic E-state index is 12.8. The first-order valence-electron chi connectivity index (χ1n) is 9.58. The molecule has 1 N–H and O–H groups in total. The molecule has 1 atom stereocenters. The smallest absolute Gasteiger partial charge is 0.247 e. The van der Waals surface area contributed by atoms with Gasteiger partial charge in [-0.3, -0.25) is 14.5 Å². The molecule has 5 nitrogen and oxygen atoms in total. The van der Waals surface area contributed by atoms with E-state index in [-0.39, 0.29) is 11.8 Å². The van der Waals surface area contributed by atoms with Gasteiger partial charge in [-0.25, -0.2) is 0 Å². The summed E-state index contributed by atoms with van der Waals surface area (Å²) in [5.41, 5.74) is 3.79. The van der Waals surface area contributed by atoms with Crippen LogP contribution in [0.2, 0.25) is 0 Å². The zero-order valence-corrected chi connectivity index (χ0v) is 16.2. The van der Waals surface area contributed by atoms with Crippen LogP contribution in [0.25, 0.3) is 0 Å². The summed E-state index contributed by atoms with van der Waals surface area (Å²) in [6.45, 7) is 8.13. The molecule has 0 radical (unpaired) electrons. The van der Waals surface area contributed by atoms with Gasteiger partial charge in [-0.15, -0.1) is 0 Å². The molecular formula is C22H27N3O2. The van der Waals surface area contributed by atoms with Crippen LogP contribution in [0.15, 0.2) is 48.5 Å². The molecule has 5 heteroatoms. The van der Waals surface area contributed by atoms with E-state index in [4.69, 9.17) is 0 Å². The second kappa shape index (κ2) is 8.25. The first kappa shape index (κ1) is 19.0. The Morgan fingerprint density at radius 2 is 1.70 bits per heavy atom. The van der Waals surface area contributed by atoms with E-state index in [1.807, 2.05) is 55.5 Å². The summed E-state index contributed by atoms with van der Waals surface area (Å²) in [4.78, 5) is 29.1. The Balaban J connectivity index is 1.73. The van der Waals surface area contributed by atoms with Gasteiger partial charge in [-0.1, -0.05) is 17.7 Å². The molecule has 0 spiro atoms. The van der Waals surface area contributed by atoms with Crippen molar-refractivity contribution in [2.45, 2.75) is 39.7 Å². The van der Waals surface area contributed by atoms with Gasteiger partial charge >= 0.3 is 0 Å². The summed E-state index contributed by atoms with van der Waals surface area (Å²) in [6, 6.07) is 15.1. The van der Waals surface area contributed by atoms with Crippen LogP contribution < -0.4 is 15.1 Å². The van der Waals surface area contributed by atoms with Crippen molar-refractivity contribution < 1.29 is 9.59 Å². The molecule has 0 bridgehead atoms. The van der Waals surface area contributed by atoms with Gasteiger partial charge in [0.15, 0.2) is 0 Å². The number of nitrogens with one attached hydrogen (secondary N) is 1. The van der Waals surface area contributed by atoms with Crippen molar-refractivity contribution >= 4 is 28.9 Å². The van der Waals surface area contributed by atoms with E-state index in [0.29, 0.717) is 12.8 Å². The van der Waals surface area contributed by atoms with E-state index in [1.165, 1.54) is 0 Å². The predicted molar refractivity (Wildman–Crippen MR) is 110 cm³/mol. The number of rotatable bonds is 6. The molecule has 2 amide bonds. The van der Waals surface area contributed by atoms with Crippen molar-refractivity contribution in [3.63, 3.8) is 0 Å². The Bertz CT molecular complexity index is 795. The summed E-state index contributed by atoms with van der Waals surface area (Å²) < 4.78 is 0. The second-order valence-electron chi connectivity index (χ2n) is 6.86. The molecule has 1 saturated heterocycles. The van der Waals surface area contributed by atoms with E-state index in [2.05, 4.69) is 24.1 Å². The fourth-order valence-electron chi connectivity index (χ4n) is 3.53. The summed E-state index contributed by atoms with van der Waals surface area (Å²) in [6.07, 6.45) is 0.933. The quantitative estimate of drug-likeness (QED) is 0.843. The minimum Gasteiger partial charge on any atom is -0.372 e. The number of amides is 2. The fourth-order valence-corrected chi connectivity index (χ4v) is 3.53. The normalized spacial score (nSPS) is 16.5. The molecule has 27 heavy (non-hydrogen) atoms. The molecule has 0 aromatic heterocycles. The van der Waals surface area contributed by atoms with Gasteiger partial charge in [0.2, 0.25) is 11.8 Å². The molecule has 3 rings (SSSR count). The van der Waals surface area contributed by atoms with Crippen molar-refractivity contribution in [2.24, 2.45) is 0 Å². The Kier molecular flexibility index (Phi) is 5.79. The van der Waals surface area contributed by atoms with Crippen LogP contribution in [0.1, 0.15) is 32.3 Å². The highest BCUT2D eigenvalue weighted by molar-refractivity contribution is 6.07. The third-order valence-corrected chi connectivity index (χ3v) is 5.09. The second-order valence-corrected chi connectivity index (χ2v) is 6.86. The zero-order chi connectivity index (χ0) is 19.4. The fraction of sp³-hybridized carbons (Fsp3) is 0.364. The topological polar surface area (TPSA) is 52.7 Å². The van der Waals surface area contributed by atoms with Gasteiger partial charge in [-0.05, 0) is 63.6 Å². The minimum atomic E-state index is -0.470. The molecule has 2 aromatic carbocycles. The highest BCUT2D eigenvalue weighted by Gasteiger charge is 2.37. The van der Waals surface area contributed by atoms with Gasteiger partial charge in [0.25, 0.3) is 0 Å². The number of hydrogen-bond donors (Lipinski definition) is 1. The van der Waals surface area contributed by atoms with Crippen molar-refractivity contribution in [3.8, 4) is 0 Å².